The first kappa shape index (κ1) is 24.1. The van der Waals surface area contributed by atoms with Crippen molar-refractivity contribution in [3.8, 4) is 11.1 Å². The minimum atomic E-state index is -0.275. The zero-order chi connectivity index (χ0) is 25.1. The molecule has 9 nitrogen and oxygen atoms in total. The lowest BCUT2D eigenvalue weighted by Crippen LogP contribution is -2.37. The second kappa shape index (κ2) is 10.6. The highest BCUT2D eigenvalue weighted by atomic mass is 16.5. The number of aryl methyl sites for hydroxylation is 1. The van der Waals surface area contributed by atoms with Crippen LogP contribution in [0.1, 0.15) is 47.4 Å². The van der Waals surface area contributed by atoms with Crippen LogP contribution in [0.2, 0.25) is 0 Å². The molecule has 1 atom stereocenters. The number of carbonyl (C=O) groups is 1. The number of benzene rings is 1. The van der Waals surface area contributed by atoms with E-state index in [1.54, 1.807) is 6.20 Å². The van der Waals surface area contributed by atoms with Gasteiger partial charge in [-0.15, -0.1) is 0 Å². The van der Waals surface area contributed by atoms with Crippen LogP contribution >= 0.6 is 0 Å². The number of anilines is 3. The van der Waals surface area contributed by atoms with Crippen LogP contribution in [0.5, 0.6) is 0 Å². The first-order valence-electron chi connectivity index (χ1n) is 12.5. The molecular formula is C27H32N6O3. The maximum absolute atomic E-state index is 12.9. The van der Waals surface area contributed by atoms with E-state index in [2.05, 4.69) is 31.6 Å². The highest BCUT2D eigenvalue weighted by molar-refractivity contribution is 6.03. The van der Waals surface area contributed by atoms with Crippen molar-refractivity contribution in [1.29, 1.82) is 0 Å². The Labute approximate surface area is 211 Å². The maximum Gasteiger partial charge on any atom is 0.275 e. The molecule has 36 heavy (non-hydrogen) atoms. The first-order valence-corrected chi connectivity index (χ1v) is 12.5. The number of aromatic nitrogens is 3. The van der Waals surface area contributed by atoms with E-state index in [9.17, 15) is 9.90 Å². The van der Waals surface area contributed by atoms with Gasteiger partial charge < -0.3 is 25.4 Å². The van der Waals surface area contributed by atoms with E-state index in [1.165, 1.54) is 6.20 Å². The summed E-state index contributed by atoms with van der Waals surface area (Å²) in [6.45, 7) is 6.81. The number of nitrogens with one attached hydrogen (secondary N) is 2. The second-order valence-electron chi connectivity index (χ2n) is 9.51. The summed E-state index contributed by atoms with van der Waals surface area (Å²) < 4.78 is 5.51. The van der Waals surface area contributed by atoms with Crippen molar-refractivity contribution in [1.82, 2.24) is 15.0 Å². The van der Waals surface area contributed by atoms with Gasteiger partial charge in [0.25, 0.3) is 5.91 Å². The molecule has 1 aromatic carbocycles. The van der Waals surface area contributed by atoms with Crippen molar-refractivity contribution >= 4 is 23.2 Å². The van der Waals surface area contributed by atoms with E-state index in [0.717, 1.165) is 54.1 Å². The summed E-state index contributed by atoms with van der Waals surface area (Å²) in [6, 6.07) is 9.78. The van der Waals surface area contributed by atoms with Crippen molar-refractivity contribution in [3.63, 3.8) is 0 Å². The second-order valence-corrected chi connectivity index (χ2v) is 9.51. The van der Waals surface area contributed by atoms with Gasteiger partial charge in [0.2, 0.25) is 0 Å². The van der Waals surface area contributed by atoms with Crippen molar-refractivity contribution in [2.45, 2.75) is 38.6 Å². The summed E-state index contributed by atoms with van der Waals surface area (Å²) in [4.78, 5) is 28.7. The zero-order valence-electron chi connectivity index (χ0n) is 20.7. The first-order chi connectivity index (χ1) is 17.5. The normalized spacial score (nSPS) is 16.5. The van der Waals surface area contributed by atoms with Crippen LogP contribution in [0.4, 0.5) is 17.3 Å². The van der Waals surface area contributed by atoms with Crippen LogP contribution in [-0.2, 0) is 4.74 Å². The standard InChI is InChI=1S/C27H32N6O3/c1-17-3-6-21(30-27(35)24-15-28-14-23(31-24)19-4-5-19)13-22(17)20-11-25(29-18(2)16-34)32-26(12-20)33-7-9-36-10-8-33/h3,6,11-15,18-19,34H,4-5,7-10,16H2,1-2H3,(H,29,32)(H,30,35)/t18-/m1/s1. The molecule has 1 saturated heterocycles. The molecule has 1 aliphatic heterocycles. The molecule has 2 aliphatic rings. The van der Waals surface area contributed by atoms with E-state index >= 15 is 0 Å². The summed E-state index contributed by atoms with van der Waals surface area (Å²) in [5.41, 5.74) is 4.93. The molecule has 0 unspecified atom stereocenters. The number of hydrogen-bond donors (Lipinski definition) is 3. The number of pyridine rings is 1. The summed E-state index contributed by atoms with van der Waals surface area (Å²) in [5.74, 6) is 1.70. The third kappa shape index (κ3) is 5.63. The van der Waals surface area contributed by atoms with E-state index in [1.807, 2.05) is 38.1 Å². The van der Waals surface area contributed by atoms with Gasteiger partial charge in [0.15, 0.2) is 0 Å². The van der Waals surface area contributed by atoms with Gasteiger partial charge in [-0.25, -0.2) is 9.97 Å². The molecule has 2 fully saturated rings. The molecule has 188 valence electrons. The van der Waals surface area contributed by atoms with Crippen LogP contribution in [-0.4, -0.2) is 64.9 Å². The number of nitrogens with zero attached hydrogens (tertiary/aromatic N) is 4. The third-order valence-corrected chi connectivity index (χ3v) is 6.50. The van der Waals surface area contributed by atoms with E-state index in [0.29, 0.717) is 36.3 Å². The van der Waals surface area contributed by atoms with Crippen LogP contribution < -0.4 is 15.5 Å². The maximum atomic E-state index is 12.9. The van der Waals surface area contributed by atoms with Crippen LogP contribution in [0.3, 0.4) is 0 Å². The Hall–Kier alpha value is -3.56. The molecule has 2 aromatic heterocycles. The average molecular weight is 489 g/mol. The molecule has 3 heterocycles. The number of aliphatic hydroxyl groups is 1. The summed E-state index contributed by atoms with van der Waals surface area (Å²) in [6.07, 6.45) is 5.46. The molecule has 5 rings (SSSR count). The SMILES string of the molecule is Cc1ccc(NC(=O)c2cncc(C3CC3)n2)cc1-c1cc(N[C@H](C)CO)nc(N2CCOCC2)c1. The molecule has 9 heteroatoms. The minimum absolute atomic E-state index is 0.00415. The van der Waals surface area contributed by atoms with E-state index in [4.69, 9.17) is 9.72 Å². The highest BCUT2D eigenvalue weighted by Crippen LogP contribution is 2.38. The Morgan fingerprint density at radius 3 is 2.72 bits per heavy atom. The van der Waals surface area contributed by atoms with Gasteiger partial charge in [-0.3, -0.25) is 9.78 Å². The third-order valence-electron chi connectivity index (χ3n) is 6.50. The predicted octanol–water partition coefficient (Wildman–Crippen LogP) is 3.61. The Morgan fingerprint density at radius 2 is 1.97 bits per heavy atom. The Bertz CT molecular complexity index is 1240. The lowest BCUT2D eigenvalue weighted by Gasteiger charge is -2.29. The lowest BCUT2D eigenvalue weighted by atomic mass is 10.00. The number of morpholine rings is 1. The van der Waals surface area contributed by atoms with Crippen LogP contribution in [0, 0.1) is 6.92 Å². The average Bonchev–Trinajstić information content (AvgIpc) is 3.76. The Kier molecular flexibility index (Phi) is 7.11. The molecule has 3 N–H and O–H groups in total. The predicted molar refractivity (Wildman–Crippen MR) is 140 cm³/mol. The van der Waals surface area contributed by atoms with E-state index < -0.39 is 0 Å². The molecule has 1 saturated carbocycles. The fraction of sp³-hybridized carbons (Fsp3) is 0.407. The van der Waals surface area contributed by atoms with Gasteiger partial charge in [-0.2, -0.15) is 0 Å². The van der Waals surface area contributed by atoms with Crippen molar-refractivity contribution in [3.05, 3.63) is 59.7 Å². The van der Waals surface area contributed by atoms with Crippen LogP contribution in [0.25, 0.3) is 11.1 Å². The van der Waals surface area contributed by atoms with Gasteiger partial charge in [-0.05, 0) is 67.6 Å². The Morgan fingerprint density at radius 1 is 1.17 bits per heavy atom. The summed E-state index contributed by atoms with van der Waals surface area (Å²) in [7, 11) is 0. The number of carbonyl (C=O) groups excluding carboxylic acids is 1. The number of hydrogen-bond acceptors (Lipinski definition) is 8. The van der Waals surface area contributed by atoms with Crippen molar-refractivity contribution in [2.75, 3.05) is 48.4 Å². The molecule has 0 radical (unpaired) electrons. The van der Waals surface area contributed by atoms with Gasteiger partial charge in [0.05, 0.1) is 31.7 Å². The van der Waals surface area contributed by atoms with Gasteiger partial charge >= 0.3 is 0 Å². The topological polar surface area (TPSA) is 112 Å². The molecular weight excluding hydrogens is 456 g/mol. The largest absolute Gasteiger partial charge is 0.394 e. The Balaban J connectivity index is 1.44. The van der Waals surface area contributed by atoms with E-state index in [-0.39, 0.29) is 18.6 Å². The quantitative estimate of drug-likeness (QED) is 0.441. The summed E-state index contributed by atoms with van der Waals surface area (Å²) in [5, 5.41) is 15.8. The fourth-order valence-corrected chi connectivity index (χ4v) is 4.27. The fourth-order valence-electron chi connectivity index (χ4n) is 4.27. The molecule has 0 spiro atoms. The number of rotatable bonds is 8. The van der Waals surface area contributed by atoms with Gasteiger partial charge in [-0.1, -0.05) is 6.07 Å². The molecule has 1 aliphatic carbocycles. The minimum Gasteiger partial charge on any atom is -0.394 e. The number of ether oxygens (including phenoxy) is 1. The lowest BCUT2D eigenvalue weighted by molar-refractivity contribution is 0.102. The van der Waals surface area contributed by atoms with Crippen LogP contribution in [0.15, 0.2) is 42.7 Å². The number of amides is 1. The molecule has 0 bridgehead atoms. The monoisotopic (exact) mass is 488 g/mol. The highest BCUT2D eigenvalue weighted by Gasteiger charge is 2.26. The molecule has 1 amide bonds. The van der Waals surface area contributed by atoms with Gasteiger partial charge in [0.1, 0.15) is 17.3 Å². The molecule has 3 aromatic rings. The van der Waals surface area contributed by atoms with Crippen molar-refractivity contribution < 1.29 is 14.6 Å². The number of aliphatic hydroxyl groups excluding tert-OH is 1. The van der Waals surface area contributed by atoms with Gasteiger partial charge in [0, 0.05) is 36.9 Å². The zero-order valence-corrected chi connectivity index (χ0v) is 20.7. The summed E-state index contributed by atoms with van der Waals surface area (Å²) >= 11 is 0. The smallest absolute Gasteiger partial charge is 0.275 e. The van der Waals surface area contributed by atoms with Crippen molar-refractivity contribution in [2.24, 2.45) is 0 Å².